The van der Waals surface area contributed by atoms with E-state index >= 15 is 0 Å². The zero-order chi connectivity index (χ0) is 14.7. The Kier molecular flexibility index (Phi) is 6.42. The molecule has 0 amide bonds. The average Bonchev–Trinajstić information content (AvgIpc) is 2.99. The monoisotopic (exact) mass is 339 g/mol. The van der Waals surface area contributed by atoms with E-state index in [-0.39, 0.29) is 18.2 Å². The van der Waals surface area contributed by atoms with E-state index < -0.39 is 0 Å². The molecule has 1 aliphatic carbocycles. The second kappa shape index (κ2) is 8.09. The molecule has 0 saturated heterocycles. The summed E-state index contributed by atoms with van der Waals surface area (Å²) < 4.78 is 13.5. The molecular formula is C18H23ClFNS. The summed E-state index contributed by atoms with van der Waals surface area (Å²) in [5.41, 5.74) is 2.60. The molecule has 0 saturated carbocycles. The maximum Gasteiger partial charge on any atom is 0.123 e. The van der Waals surface area contributed by atoms with Crippen LogP contribution in [-0.4, -0.2) is 13.6 Å². The van der Waals surface area contributed by atoms with Gasteiger partial charge in [0.05, 0.1) is 0 Å². The molecule has 0 radical (unpaired) electrons. The standard InChI is InChI=1S/C18H22FNS.ClH/c1-20-12-14(11-16-5-3-9-21-16)17-6-2-4-13-10-15(19)7-8-18(13)17;/h3,5,7-10,14,17,20H,2,4,6,11-12H2,1H3;1H. The van der Waals surface area contributed by atoms with Gasteiger partial charge in [-0.05, 0) is 85.8 Å². The predicted octanol–water partition coefficient (Wildman–Crippen LogP) is 4.81. The zero-order valence-corrected chi connectivity index (χ0v) is 14.5. The first-order chi connectivity index (χ1) is 10.3. The predicted molar refractivity (Wildman–Crippen MR) is 94.8 cm³/mol. The van der Waals surface area contributed by atoms with Gasteiger partial charge in [0.15, 0.2) is 0 Å². The van der Waals surface area contributed by atoms with E-state index in [0.717, 1.165) is 19.4 Å². The maximum absolute atomic E-state index is 13.5. The number of aryl methyl sites for hydroxylation is 1. The van der Waals surface area contributed by atoms with E-state index in [1.54, 1.807) is 12.1 Å². The Morgan fingerprint density at radius 1 is 1.36 bits per heavy atom. The molecule has 1 aliphatic rings. The summed E-state index contributed by atoms with van der Waals surface area (Å²) in [6, 6.07) is 9.73. The van der Waals surface area contributed by atoms with Crippen molar-refractivity contribution < 1.29 is 4.39 Å². The number of nitrogens with one attached hydrogen (secondary N) is 1. The highest BCUT2D eigenvalue weighted by Crippen LogP contribution is 2.38. The van der Waals surface area contributed by atoms with Gasteiger partial charge in [0.1, 0.15) is 5.82 Å². The number of thiophene rings is 1. The van der Waals surface area contributed by atoms with Crippen LogP contribution in [0, 0.1) is 11.7 Å². The van der Waals surface area contributed by atoms with Gasteiger partial charge in [-0.2, -0.15) is 0 Å². The zero-order valence-electron chi connectivity index (χ0n) is 12.8. The van der Waals surface area contributed by atoms with Crippen molar-refractivity contribution in [3.8, 4) is 0 Å². The van der Waals surface area contributed by atoms with Gasteiger partial charge in [0.25, 0.3) is 0 Å². The van der Waals surface area contributed by atoms with E-state index in [1.165, 1.54) is 28.8 Å². The number of fused-ring (bicyclic) bond motifs is 1. The third-order valence-electron chi connectivity index (χ3n) is 4.54. The third-order valence-corrected chi connectivity index (χ3v) is 5.44. The van der Waals surface area contributed by atoms with Crippen LogP contribution in [0.1, 0.15) is 34.8 Å². The molecule has 1 aromatic carbocycles. The molecular weight excluding hydrogens is 317 g/mol. The summed E-state index contributed by atoms with van der Waals surface area (Å²) in [6.45, 7) is 1.01. The Balaban J connectivity index is 0.00000176. The first-order valence-electron chi connectivity index (χ1n) is 7.73. The molecule has 2 aromatic rings. The lowest BCUT2D eigenvalue weighted by Crippen LogP contribution is -2.28. The van der Waals surface area contributed by atoms with Gasteiger partial charge in [-0.25, -0.2) is 4.39 Å². The normalized spacial score (nSPS) is 18.4. The fraction of sp³-hybridized carbons (Fsp3) is 0.444. The average molecular weight is 340 g/mol. The van der Waals surface area contributed by atoms with Gasteiger partial charge < -0.3 is 5.32 Å². The summed E-state index contributed by atoms with van der Waals surface area (Å²) in [5.74, 6) is 1.03. The quantitative estimate of drug-likeness (QED) is 0.824. The van der Waals surface area contributed by atoms with Crippen LogP contribution in [-0.2, 0) is 12.8 Å². The van der Waals surface area contributed by atoms with E-state index in [9.17, 15) is 4.39 Å². The van der Waals surface area contributed by atoms with Gasteiger partial charge >= 0.3 is 0 Å². The fourth-order valence-electron chi connectivity index (χ4n) is 3.62. The highest BCUT2D eigenvalue weighted by atomic mass is 35.5. The minimum absolute atomic E-state index is 0. The lowest BCUT2D eigenvalue weighted by atomic mass is 9.74. The number of hydrogen-bond acceptors (Lipinski definition) is 2. The molecule has 1 nitrogen and oxygen atoms in total. The van der Waals surface area contributed by atoms with Crippen molar-refractivity contribution in [3.63, 3.8) is 0 Å². The maximum atomic E-state index is 13.5. The molecule has 3 rings (SSSR count). The van der Waals surface area contributed by atoms with Gasteiger partial charge in [-0.1, -0.05) is 12.1 Å². The van der Waals surface area contributed by atoms with E-state index in [1.807, 2.05) is 24.5 Å². The number of halogens is 2. The van der Waals surface area contributed by atoms with Crippen LogP contribution in [0.15, 0.2) is 35.7 Å². The summed E-state index contributed by atoms with van der Waals surface area (Å²) in [5, 5.41) is 5.50. The first-order valence-corrected chi connectivity index (χ1v) is 8.61. The number of benzene rings is 1. The van der Waals surface area contributed by atoms with Gasteiger partial charge in [0, 0.05) is 4.88 Å². The molecule has 0 spiro atoms. The lowest BCUT2D eigenvalue weighted by molar-refractivity contribution is 0.367. The molecule has 2 unspecified atom stereocenters. The summed E-state index contributed by atoms with van der Waals surface area (Å²) in [4.78, 5) is 1.45. The van der Waals surface area contributed by atoms with E-state index in [0.29, 0.717) is 11.8 Å². The minimum Gasteiger partial charge on any atom is -0.319 e. The molecule has 120 valence electrons. The van der Waals surface area contributed by atoms with Crippen molar-refractivity contribution in [2.24, 2.45) is 5.92 Å². The van der Waals surface area contributed by atoms with Gasteiger partial charge in [-0.15, -0.1) is 23.7 Å². The van der Waals surface area contributed by atoms with Crippen LogP contribution in [0.4, 0.5) is 4.39 Å². The van der Waals surface area contributed by atoms with E-state index in [4.69, 9.17) is 0 Å². The Morgan fingerprint density at radius 3 is 2.95 bits per heavy atom. The largest absolute Gasteiger partial charge is 0.319 e. The van der Waals surface area contributed by atoms with Crippen LogP contribution in [0.3, 0.4) is 0 Å². The molecule has 2 atom stereocenters. The van der Waals surface area contributed by atoms with Crippen molar-refractivity contribution in [1.82, 2.24) is 5.32 Å². The fourth-order valence-corrected chi connectivity index (χ4v) is 4.42. The van der Waals surface area contributed by atoms with Gasteiger partial charge in [0.2, 0.25) is 0 Å². The van der Waals surface area contributed by atoms with E-state index in [2.05, 4.69) is 22.8 Å². The SMILES string of the molecule is CNCC(Cc1cccs1)C1CCCc2cc(F)ccc21.Cl. The molecule has 1 N–H and O–H groups in total. The number of hydrogen-bond donors (Lipinski definition) is 1. The number of rotatable bonds is 5. The van der Waals surface area contributed by atoms with Crippen LogP contribution in [0.5, 0.6) is 0 Å². The smallest absolute Gasteiger partial charge is 0.123 e. The molecule has 4 heteroatoms. The van der Waals surface area contributed by atoms with Crippen LogP contribution >= 0.6 is 23.7 Å². The Labute approximate surface area is 142 Å². The summed E-state index contributed by atoms with van der Waals surface area (Å²) >= 11 is 1.84. The van der Waals surface area contributed by atoms with Crippen molar-refractivity contribution in [3.05, 3.63) is 57.5 Å². The van der Waals surface area contributed by atoms with Crippen LogP contribution < -0.4 is 5.32 Å². The van der Waals surface area contributed by atoms with Crippen molar-refractivity contribution >= 4 is 23.7 Å². The Hall–Kier alpha value is -0.900. The highest BCUT2D eigenvalue weighted by Gasteiger charge is 2.28. The van der Waals surface area contributed by atoms with Gasteiger partial charge in [-0.3, -0.25) is 0 Å². The molecule has 0 bridgehead atoms. The molecule has 0 fully saturated rings. The van der Waals surface area contributed by atoms with Crippen molar-refractivity contribution in [1.29, 1.82) is 0 Å². The summed E-state index contributed by atoms with van der Waals surface area (Å²) in [7, 11) is 2.02. The topological polar surface area (TPSA) is 12.0 Å². The Morgan fingerprint density at radius 2 is 2.23 bits per heavy atom. The van der Waals surface area contributed by atoms with Crippen LogP contribution in [0.2, 0.25) is 0 Å². The second-order valence-corrected chi connectivity index (χ2v) is 6.98. The molecule has 1 heterocycles. The Bertz CT molecular complexity index is 585. The first kappa shape index (κ1) is 17.5. The van der Waals surface area contributed by atoms with Crippen molar-refractivity contribution in [2.45, 2.75) is 31.6 Å². The lowest BCUT2D eigenvalue weighted by Gasteiger charge is -2.32. The van der Waals surface area contributed by atoms with Crippen molar-refractivity contribution in [2.75, 3.05) is 13.6 Å². The molecule has 1 aromatic heterocycles. The second-order valence-electron chi connectivity index (χ2n) is 5.94. The third kappa shape index (κ3) is 3.89. The van der Waals surface area contributed by atoms with Crippen LogP contribution in [0.25, 0.3) is 0 Å². The minimum atomic E-state index is -0.0992. The highest BCUT2D eigenvalue weighted by molar-refractivity contribution is 7.09. The molecule has 22 heavy (non-hydrogen) atoms. The molecule has 0 aliphatic heterocycles. The summed E-state index contributed by atoms with van der Waals surface area (Å²) in [6.07, 6.45) is 4.52.